The van der Waals surface area contributed by atoms with Gasteiger partial charge in [-0.2, -0.15) is 0 Å². The number of carbonyl (C=O) groups is 3. The predicted octanol–water partition coefficient (Wildman–Crippen LogP) is 1.37. The number of piperidine rings is 1. The van der Waals surface area contributed by atoms with Crippen LogP contribution in [0.25, 0.3) is 0 Å². The van der Waals surface area contributed by atoms with Crippen LogP contribution >= 0.6 is 0 Å². The first-order valence-corrected chi connectivity index (χ1v) is 10.0. The average molecular weight is 398 g/mol. The smallest absolute Gasteiger partial charge is 0.255 e. The number of fused-ring (bicyclic) bond motifs is 1. The number of aliphatic hydroxyl groups excluding tert-OH is 1. The molecule has 1 aromatic carbocycles. The maximum Gasteiger partial charge on any atom is 0.255 e. The van der Waals surface area contributed by atoms with Gasteiger partial charge >= 0.3 is 0 Å². The Hall–Kier alpha value is -2.69. The Labute approximate surface area is 170 Å². The van der Waals surface area contributed by atoms with E-state index in [1.165, 1.54) is 4.90 Å². The first kappa shape index (κ1) is 21.0. The van der Waals surface area contributed by atoms with E-state index in [1.807, 2.05) is 6.07 Å². The number of ether oxygens (including phenoxy) is 1. The van der Waals surface area contributed by atoms with Gasteiger partial charge in [0.15, 0.2) is 0 Å². The summed E-state index contributed by atoms with van der Waals surface area (Å²) in [6.07, 6.45) is 4.44. The van der Waals surface area contributed by atoms with Crippen LogP contribution in [0.3, 0.4) is 0 Å². The van der Waals surface area contributed by atoms with Gasteiger partial charge in [0.1, 0.15) is 12.6 Å². The van der Waals surface area contributed by atoms with Crippen molar-refractivity contribution in [3.8, 4) is 11.8 Å². The molecule has 0 aromatic heterocycles. The molecule has 0 saturated carbocycles. The Bertz CT molecular complexity index is 839. The second-order valence-electron chi connectivity index (χ2n) is 7.26. The molecule has 0 bridgehead atoms. The lowest BCUT2D eigenvalue weighted by molar-refractivity contribution is -0.136. The number of benzene rings is 1. The van der Waals surface area contributed by atoms with Crippen LogP contribution in [0.15, 0.2) is 18.2 Å². The number of hydrogen-bond acceptors (Lipinski definition) is 5. The van der Waals surface area contributed by atoms with Crippen LogP contribution < -0.4 is 5.32 Å². The zero-order valence-corrected chi connectivity index (χ0v) is 16.4. The van der Waals surface area contributed by atoms with E-state index >= 15 is 0 Å². The maximum absolute atomic E-state index is 12.7. The Morgan fingerprint density at radius 3 is 2.79 bits per heavy atom. The normalized spacial score (nSPS) is 18.3. The van der Waals surface area contributed by atoms with E-state index in [0.717, 1.165) is 36.8 Å². The van der Waals surface area contributed by atoms with E-state index in [1.54, 1.807) is 12.1 Å². The van der Waals surface area contributed by atoms with Crippen molar-refractivity contribution in [2.24, 2.45) is 0 Å². The molecule has 2 N–H and O–H groups in total. The predicted molar refractivity (Wildman–Crippen MR) is 106 cm³/mol. The summed E-state index contributed by atoms with van der Waals surface area (Å²) >= 11 is 0. The summed E-state index contributed by atoms with van der Waals surface area (Å²) in [4.78, 5) is 37.6. The minimum absolute atomic E-state index is 0.182. The van der Waals surface area contributed by atoms with Gasteiger partial charge in [-0.25, -0.2) is 0 Å². The van der Waals surface area contributed by atoms with Crippen LogP contribution in [0.4, 0.5) is 0 Å². The van der Waals surface area contributed by atoms with Gasteiger partial charge in [-0.05, 0) is 43.0 Å². The van der Waals surface area contributed by atoms with Crippen LogP contribution in [0, 0.1) is 11.8 Å². The van der Waals surface area contributed by atoms with Gasteiger partial charge in [0.2, 0.25) is 11.8 Å². The fraction of sp³-hybridized carbons (Fsp3) is 0.500. The largest absolute Gasteiger partial charge is 0.396 e. The van der Waals surface area contributed by atoms with Crippen molar-refractivity contribution in [1.29, 1.82) is 0 Å². The van der Waals surface area contributed by atoms with E-state index in [4.69, 9.17) is 9.84 Å². The minimum atomic E-state index is -0.604. The van der Waals surface area contributed by atoms with Gasteiger partial charge < -0.3 is 14.7 Å². The number of rotatable bonds is 8. The van der Waals surface area contributed by atoms with Crippen LogP contribution in [0.1, 0.15) is 60.0 Å². The molecule has 0 aliphatic carbocycles. The summed E-state index contributed by atoms with van der Waals surface area (Å²) in [7, 11) is 0. The summed E-state index contributed by atoms with van der Waals surface area (Å²) in [5, 5.41) is 11.0. The first-order valence-electron chi connectivity index (χ1n) is 10.0. The third-order valence-corrected chi connectivity index (χ3v) is 5.13. The van der Waals surface area contributed by atoms with Gasteiger partial charge in [-0.3, -0.25) is 19.7 Å². The second kappa shape index (κ2) is 10.2. The Kier molecular flexibility index (Phi) is 7.39. The number of unbranched alkanes of at least 4 members (excludes halogenated alkanes) is 3. The van der Waals surface area contributed by atoms with Gasteiger partial charge in [0, 0.05) is 37.3 Å². The molecule has 29 heavy (non-hydrogen) atoms. The fourth-order valence-corrected chi connectivity index (χ4v) is 3.58. The van der Waals surface area contributed by atoms with Crippen molar-refractivity contribution >= 4 is 17.7 Å². The number of nitrogens with zero attached hydrogens (tertiary/aromatic N) is 1. The molecule has 7 heteroatoms. The molecule has 1 aromatic rings. The number of imide groups is 1. The third-order valence-electron chi connectivity index (χ3n) is 5.13. The first-order chi connectivity index (χ1) is 14.1. The lowest BCUT2D eigenvalue weighted by atomic mass is 10.0. The van der Waals surface area contributed by atoms with Gasteiger partial charge in [0.25, 0.3) is 5.91 Å². The number of carbonyl (C=O) groups excluding carboxylic acids is 3. The molecule has 154 valence electrons. The molecule has 0 radical (unpaired) electrons. The zero-order valence-electron chi connectivity index (χ0n) is 16.4. The highest BCUT2D eigenvalue weighted by Gasteiger charge is 2.38. The molecule has 3 amide bonds. The lowest BCUT2D eigenvalue weighted by Gasteiger charge is -2.29. The lowest BCUT2D eigenvalue weighted by Crippen LogP contribution is -2.52. The maximum atomic E-state index is 12.7. The van der Waals surface area contributed by atoms with Crippen LogP contribution in [0.5, 0.6) is 0 Å². The number of amides is 3. The fourth-order valence-electron chi connectivity index (χ4n) is 3.58. The topological polar surface area (TPSA) is 95.9 Å². The Balaban J connectivity index is 1.51. The van der Waals surface area contributed by atoms with E-state index in [0.29, 0.717) is 31.7 Å². The van der Waals surface area contributed by atoms with Crippen molar-refractivity contribution in [2.75, 3.05) is 19.8 Å². The third kappa shape index (κ3) is 5.43. The summed E-state index contributed by atoms with van der Waals surface area (Å²) in [6.45, 7) is 1.59. The molecule has 3 rings (SSSR count). The summed E-state index contributed by atoms with van der Waals surface area (Å²) in [6, 6.07) is 4.82. The number of nitrogens with one attached hydrogen (secondary N) is 1. The molecule has 1 unspecified atom stereocenters. The highest BCUT2D eigenvalue weighted by molar-refractivity contribution is 6.05. The van der Waals surface area contributed by atoms with Gasteiger partial charge in [0.05, 0.1) is 0 Å². The summed E-state index contributed by atoms with van der Waals surface area (Å²) in [5.74, 6) is 5.15. The molecule has 7 nitrogen and oxygen atoms in total. The van der Waals surface area contributed by atoms with Crippen LogP contribution in [-0.4, -0.2) is 53.6 Å². The quantitative estimate of drug-likeness (QED) is 0.392. The highest BCUT2D eigenvalue weighted by Crippen LogP contribution is 2.28. The van der Waals surface area contributed by atoms with Gasteiger partial charge in [-0.1, -0.05) is 24.7 Å². The average Bonchev–Trinajstić information content (AvgIpc) is 3.02. The van der Waals surface area contributed by atoms with Crippen molar-refractivity contribution < 1.29 is 24.2 Å². The molecule has 2 heterocycles. The van der Waals surface area contributed by atoms with Crippen LogP contribution in [-0.2, 0) is 20.9 Å². The van der Waals surface area contributed by atoms with E-state index in [-0.39, 0.29) is 24.8 Å². The molecular formula is C22H26N2O5. The molecule has 1 fully saturated rings. The van der Waals surface area contributed by atoms with Crippen molar-refractivity contribution in [1.82, 2.24) is 10.2 Å². The molecule has 0 spiro atoms. The van der Waals surface area contributed by atoms with E-state index in [9.17, 15) is 14.4 Å². The van der Waals surface area contributed by atoms with Crippen molar-refractivity contribution in [3.63, 3.8) is 0 Å². The standard InChI is InChI=1S/C22H26N2O5/c25-11-3-1-2-4-12-29-13-5-6-16-7-8-18-17(14-16)15-24(22(18)28)19-9-10-20(26)23-21(19)27/h7-8,14,19,25H,1-4,9-13,15H2,(H,23,26,27). The number of hydrogen-bond donors (Lipinski definition) is 2. The Morgan fingerprint density at radius 1 is 1.17 bits per heavy atom. The Morgan fingerprint density at radius 2 is 2.00 bits per heavy atom. The highest BCUT2D eigenvalue weighted by atomic mass is 16.5. The van der Waals surface area contributed by atoms with Crippen molar-refractivity contribution in [2.45, 2.75) is 51.1 Å². The van der Waals surface area contributed by atoms with E-state index < -0.39 is 11.9 Å². The molecule has 1 atom stereocenters. The molecule has 1 saturated heterocycles. The minimum Gasteiger partial charge on any atom is -0.396 e. The summed E-state index contributed by atoms with van der Waals surface area (Å²) < 4.78 is 5.49. The van der Waals surface area contributed by atoms with Crippen molar-refractivity contribution in [3.05, 3.63) is 34.9 Å². The number of aliphatic hydroxyl groups is 1. The SMILES string of the molecule is O=C1CCC(N2Cc3cc(C#CCOCCCCCCO)ccc3C2=O)C(=O)N1. The molecule has 2 aliphatic rings. The molecular weight excluding hydrogens is 372 g/mol. The van der Waals surface area contributed by atoms with Gasteiger partial charge in [-0.15, -0.1) is 0 Å². The summed E-state index contributed by atoms with van der Waals surface area (Å²) in [5.41, 5.74) is 2.23. The zero-order chi connectivity index (χ0) is 20.6. The van der Waals surface area contributed by atoms with E-state index in [2.05, 4.69) is 17.2 Å². The molecule has 2 aliphatic heterocycles. The monoisotopic (exact) mass is 398 g/mol. The van der Waals surface area contributed by atoms with Crippen LogP contribution in [0.2, 0.25) is 0 Å². The second-order valence-corrected chi connectivity index (χ2v) is 7.26.